The predicted molar refractivity (Wildman–Crippen MR) is 128 cm³/mol. The molecule has 0 unspecified atom stereocenters. The fraction of sp³-hybridized carbons (Fsp3) is 0.931. The second-order valence-electron chi connectivity index (χ2n) is 12.6. The Morgan fingerprint density at radius 2 is 1.80 bits per heavy atom. The third kappa shape index (κ3) is 3.95. The molecule has 1 nitrogen and oxygen atoms in total. The Balaban J connectivity index is 1.47. The summed E-state index contributed by atoms with van der Waals surface area (Å²) in [5.41, 5.74) is 2.86. The summed E-state index contributed by atoms with van der Waals surface area (Å²) in [6.07, 6.45) is 18.7. The topological polar surface area (TPSA) is 9.23 Å². The number of allylic oxidation sites excluding steroid dienone is 1. The molecule has 0 amide bonds. The van der Waals surface area contributed by atoms with Crippen LogP contribution in [0.2, 0.25) is 0 Å². The summed E-state index contributed by atoms with van der Waals surface area (Å²) in [7, 11) is 0. The van der Waals surface area contributed by atoms with Gasteiger partial charge in [-0.3, -0.25) is 0 Å². The lowest BCUT2D eigenvalue weighted by Crippen LogP contribution is -2.51. The Kier molecular flexibility index (Phi) is 6.80. The normalized spacial score (nSPS) is 44.2. The molecule has 1 heteroatoms. The second-order valence-corrected chi connectivity index (χ2v) is 12.6. The van der Waals surface area contributed by atoms with Crippen LogP contribution in [0.1, 0.15) is 112 Å². The van der Waals surface area contributed by atoms with Gasteiger partial charge in [-0.2, -0.15) is 0 Å². The highest BCUT2D eigenvalue weighted by atomic mass is 16.5. The van der Waals surface area contributed by atoms with E-state index in [9.17, 15) is 0 Å². The van der Waals surface area contributed by atoms with Gasteiger partial charge < -0.3 is 4.74 Å². The van der Waals surface area contributed by atoms with Crippen molar-refractivity contribution in [2.75, 3.05) is 6.61 Å². The molecule has 0 aromatic rings. The van der Waals surface area contributed by atoms with Crippen LogP contribution >= 0.6 is 0 Å². The SMILES string of the molecule is CCO[C@@H]1CC[C@@]2(C)C(=CC[C@H]3[C@@H]4CC[C@H]([C@@H](C)CCCC(C)C)[C@@]4(C)CC[C@@H]32)C1. The number of fused-ring (bicyclic) bond motifs is 5. The molecule has 30 heavy (non-hydrogen) atoms. The molecule has 8 atom stereocenters. The Morgan fingerprint density at radius 1 is 1.00 bits per heavy atom. The van der Waals surface area contributed by atoms with Gasteiger partial charge in [0.05, 0.1) is 6.10 Å². The Bertz CT molecular complexity index is 620. The van der Waals surface area contributed by atoms with Gasteiger partial charge in [0.2, 0.25) is 0 Å². The molecule has 0 N–H and O–H groups in total. The molecule has 0 saturated heterocycles. The van der Waals surface area contributed by atoms with Gasteiger partial charge in [0.25, 0.3) is 0 Å². The zero-order chi connectivity index (χ0) is 21.5. The maximum absolute atomic E-state index is 6.04. The van der Waals surface area contributed by atoms with Crippen molar-refractivity contribution in [3.05, 3.63) is 11.6 Å². The highest BCUT2D eigenvalue weighted by Crippen LogP contribution is 2.67. The van der Waals surface area contributed by atoms with E-state index >= 15 is 0 Å². The first-order valence-corrected chi connectivity index (χ1v) is 13.6. The lowest BCUT2D eigenvalue weighted by atomic mass is 9.47. The van der Waals surface area contributed by atoms with Crippen LogP contribution in [0.25, 0.3) is 0 Å². The molecule has 4 rings (SSSR count). The smallest absolute Gasteiger partial charge is 0.0612 e. The van der Waals surface area contributed by atoms with Crippen molar-refractivity contribution in [2.45, 2.75) is 118 Å². The highest BCUT2D eigenvalue weighted by Gasteiger charge is 2.59. The molecular formula is C29H50O. The molecule has 0 heterocycles. The van der Waals surface area contributed by atoms with Crippen molar-refractivity contribution in [3.8, 4) is 0 Å². The zero-order valence-electron chi connectivity index (χ0n) is 21.0. The molecule has 3 fully saturated rings. The Hall–Kier alpha value is -0.300. The van der Waals surface area contributed by atoms with Crippen LogP contribution < -0.4 is 0 Å². The standard InChI is InChI=1S/C29H50O/c1-7-30-23-15-17-28(5)22(19-23)11-12-24-26-14-13-25(21(4)10-8-9-20(2)3)29(26,6)18-16-27(24)28/h11,20-21,23-27H,7-10,12-19H2,1-6H3/t21-,23+,24-,25+,26-,27-,28-,29+/m0/s1. The van der Waals surface area contributed by atoms with Gasteiger partial charge in [0, 0.05) is 6.61 Å². The largest absolute Gasteiger partial charge is 0.378 e. The summed E-state index contributed by atoms with van der Waals surface area (Å²) in [5, 5.41) is 0. The minimum Gasteiger partial charge on any atom is -0.378 e. The maximum Gasteiger partial charge on any atom is 0.0612 e. The Labute approximate surface area is 187 Å². The maximum atomic E-state index is 6.04. The first-order chi connectivity index (χ1) is 14.3. The quantitative estimate of drug-likeness (QED) is 0.380. The molecule has 4 aliphatic carbocycles. The van der Waals surface area contributed by atoms with Crippen LogP contribution in [0.4, 0.5) is 0 Å². The first kappa shape index (κ1) is 22.9. The van der Waals surface area contributed by atoms with E-state index in [1.807, 2.05) is 0 Å². The van der Waals surface area contributed by atoms with Crippen molar-refractivity contribution >= 4 is 0 Å². The van der Waals surface area contributed by atoms with E-state index in [1.54, 1.807) is 5.57 Å². The van der Waals surface area contributed by atoms with Gasteiger partial charge in [-0.15, -0.1) is 0 Å². The molecule has 4 aliphatic rings. The predicted octanol–water partition coefficient (Wildman–Crippen LogP) is 8.43. The summed E-state index contributed by atoms with van der Waals surface area (Å²) >= 11 is 0. The fourth-order valence-electron chi connectivity index (χ4n) is 9.03. The van der Waals surface area contributed by atoms with Gasteiger partial charge in [-0.25, -0.2) is 0 Å². The van der Waals surface area contributed by atoms with Crippen LogP contribution in [-0.4, -0.2) is 12.7 Å². The number of ether oxygens (including phenoxy) is 1. The summed E-state index contributed by atoms with van der Waals surface area (Å²) in [4.78, 5) is 0. The summed E-state index contributed by atoms with van der Waals surface area (Å²) in [6, 6.07) is 0. The van der Waals surface area contributed by atoms with Crippen LogP contribution in [0, 0.1) is 46.3 Å². The van der Waals surface area contributed by atoms with Gasteiger partial charge in [0.1, 0.15) is 0 Å². The summed E-state index contributed by atoms with van der Waals surface area (Å²) < 4.78 is 6.04. The molecule has 0 aliphatic heterocycles. The number of rotatable bonds is 7. The minimum absolute atomic E-state index is 0.471. The number of hydrogen-bond acceptors (Lipinski definition) is 1. The molecular weight excluding hydrogens is 364 g/mol. The van der Waals surface area contributed by atoms with Gasteiger partial charge in [-0.05, 0) is 105 Å². The van der Waals surface area contributed by atoms with Crippen LogP contribution in [-0.2, 0) is 4.74 Å². The minimum atomic E-state index is 0.471. The van der Waals surface area contributed by atoms with E-state index in [4.69, 9.17) is 4.74 Å². The number of hydrogen-bond donors (Lipinski definition) is 0. The van der Waals surface area contributed by atoms with Gasteiger partial charge in [-0.1, -0.05) is 65.5 Å². The first-order valence-electron chi connectivity index (χ1n) is 13.6. The van der Waals surface area contributed by atoms with E-state index < -0.39 is 0 Å². The average Bonchev–Trinajstić information content (AvgIpc) is 3.05. The molecule has 0 spiro atoms. The lowest BCUT2D eigenvalue weighted by Gasteiger charge is -2.58. The van der Waals surface area contributed by atoms with Gasteiger partial charge in [0.15, 0.2) is 0 Å². The summed E-state index contributed by atoms with van der Waals surface area (Å²) in [6.45, 7) is 15.7. The van der Waals surface area contributed by atoms with E-state index in [0.717, 1.165) is 42.1 Å². The molecule has 172 valence electrons. The third-order valence-electron chi connectivity index (χ3n) is 10.7. The molecule has 3 saturated carbocycles. The van der Waals surface area contributed by atoms with Crippen LogP contribution in [0.5, 0.6) is 0 Å². The molecule has 0 radical (unpaired) electrons. The van der Waals surface area contributed by atoms with Crippen molar-refractivity contribution in [1.29, 1.82) is 0 Å². The van der Waals surface area contributed by atoms with Crippen molar-refractivity contribution < 1.29 is 4.74 Å². The molecule has 0 aromatic carbocycles. The van der Waals surface area contributed by atoms with Crippen LogP contribution in [0.3, 0.4) is 0 Å². The van der Waals surface area contributed by atoms with Crippen molar-refractivity contribution in [1.82, 2.24) is 0 Å². The molecule has 0 aromatic heterocycles. The van der Waals surface area contributed by atoms with Gasteiger partial charge >= 0.3 is 0 Å². The van der Waals surface area contributed by atoms with E-state index in [-0.39, 0.29) is 0 Å². The highest BCUT2D eigenvalue weighted by molar-refractivity contribution is 5.25. The van der Waals surface area contributed by atoms with E-state index in [1.165, 1.54) is 70.6 Å². The molecule has 0 bridgehead atoms. The average molecular weight is 415 g/mol. The van der Waals surface area contributed by atoms with Crippen LogP contribution in [0.15, 0.2) is 11.6 Å². The Morgan fingerprint density at radius 3 is 2.53 bits per heavy atom. The van der Waals surface area contributed by atoms with Crippen molar-refractivity contribution in [3.63, 3.8) is 0 Å². The summed E-state index contributed by atoms with van der Waals surface area (Å²) in [5.74, 6) is 5.63. The lowest BCUT2D eigenvalue weighted by molar-refractivity contribution is -0.0630. The van der Waals surface area contributed by atoms with E-state index in [2.05, 4.69) is 47.6 Å². The second kappa shape index (κ2) is 8.92. The van der Waals surface area contributed by atoms with Crippen molar-refractivity contribution in [2.24, 2.45) is 46.3 Å². The third-order valence-corrected chi connectivity index (χ3v) is 10.7. The van der Waals surface area contributed by atoms with E-state index in [0.29, 0.717) is 16.9 Å². The zero-order valence-corrected chi connectivity index (χ0v) is 21.0. The monoisotopic (exact) mass is 414 g/mol. The fourth-order valence-corrected chi connectivity index (χ4v) is 9.03.